The first-order valence-electron chi connectivity index (χ1n) is 3.91. The number of ether oxygens (including phenoxy) is 1. The highest BCUT2D eigenvalue weighted by Gasteiger charge is 2.46. The Morgan fingerprint density at radius 1 is 1.38 bits per heavy atom. The molecular weight excluding hydrogens is 182 g/mol. The molecule has 1 N–H and O–H groups in total. The number of carboxylic acids is 1. The van der Waals surface area contributed by atoms with E-state index in [1.807, 2.05) is 0 Å². The lowest BCUT2D eigenvalue weighted by Gasteiger charge is -2.31. The smallest absolute Gasteiger partial charge is 0.456 e. The van der Waals surface area contributed by atoms with E-state index in [-0.39, 0.29) is 5.92 Å². The molecule has 0 aliphatic carbocycles. The lowest BCUT2D eigenvalue weighted by molar-refractivity contribution is -0.289. The van der Waals surface area contributed by atoms with Crippen LogP contribution in [0.5, 0.6) is 0 Å². The molecule has 0 saturated carbocycles. The zero-order chi connectivity index (χ0) is 10.9. The lowest BCUT2D eigenvalue weighted by atomic mass is 9.95. The summed E-state index contributed by atoms with van der Waals surface area (Å²) in [5, 5.41) is 8.11. The Kier molecular flexibility index (Phi) is 3.38. The highest BCUT2D eigenvalue weighted by molar-refractivity contribution is 5.73. The van der Waals surface area contributed by atoms with E-state index in [9.17, 15) is 13.6 Å². The Balaban J connectivity index is 4.52. The van der Waals surface area contributed by atoms with Crippen LogP contribution in [0.2, 0.25) is 0 Å². The van der Waals surface area contributed by atoms with E-state index < -0.39 is 17.7 Å². The number of aliphatic carboxylic acids is 1. The second-order valence-electron chi connectivity index (χ2n) is 3.68. The number of hydrogen-bond donors (Lipinski definition) is 1. The number of hydrogen-bond acceptors (Lipinski definition) is 2. The fraction of sp³-hybridized carbons (Fsp3) is 0.875. The van der Waals surface area contributed by atoms with Crippen molar-refractivity contribution in [3.05, 3.63) is 0 Å². The van der Waals surface area contributed by atoms with Gasteiger partial charge in [-0.2, -0.15) is 8.78 Å². The normalized spacial score (nSPS) is 13.5. The summed E-state index contributed by atoms with van der Waals surface area (Å²) in [6.45, 7) is 6.21. The van der Waals surface area contributed by atoms with Crippen molar-refractivity contribution in [2.75, 3.05) is 0 Å². The molecule has 0 aliphatic rings. The molecule has 0 unspecified atom stereocenters. The van der Waals surface area contributed by atoms with E-state index >= 15 is 0 Å². The predicted octanol–water partition coefficient (Wildman–Crippen LogP) is 2.12. The maximum Gasteiger partial charge on any atom is 0.456 e. The summed E-state index contributed by atoms with van der Waals surface area (Å²) < 4.78 is 29.4. The van der Waals surface area contributed by atoms with E-state index in [1.165, 1.54) is 13.8 Å². The summed E-state index contributed by atoms with van der Waals surface area (Å²) in [6, 6.07) is 0. The molecule has 3 nitrogen and oxygen atoms in total. The third kappa shape index (κ3) is 3.26. The fourth-order valence-corrected chi connectivity index (χ4v) is 0.492. The first kappa shape index (κ1) is 12.3. The Morgan fingerprint density at radius 3 is 2.00 bits per heavy atom. The lowest BCUT2D eigenvalue weighted by Crippen LogP contribution is -2.43. The van der Waals surface area contributed by atoms with E-state index in [2.05, 4.69) is 4.74 Å². The van der Waals surface area contributed by atoms with Crippen molar-refractivity contribution < 1.29 is 23.4 Å². The number of alkyl halides is 2. The van der Waals surface area contributed by atoms with Crippen LogP contribution in [-0.4, -0.2) is 22.8 Å². The van der Waals surface area contributed by atoms with Gasteiger partial charge in [0.05, 0.1) is 5.60 Å². The van der Waals surface area contributed by atoms with Gasteiger partial charge in [-0.3, -0.25) is 0 Å². The van der Waals surface area contributed by atoms with Gasteiger partial charge >= 0.3 is 12.1 Å². The highest BCUT2D eigenvalue weighted by atomic mass is 19.3. The largest absolute Gasteiger partial charge is 0.475 e. The molecule has 0 rings (SSSR count). The third-order valence-corrected chi connectivity index (χ3v) is 2.03. The molecular formula is C8H14F2O3. The minimum Gasteiger partial charge on any atom is -0.475 e. The minimum absolute atomic E-state index is 0.197. The molecule has 0 heterocycles. The Morgan fingerprint density at radius 2 is 1.77 bits per heavy atom. The molecule has 0 spiro atoms. The van der Waals surface area contributed by atoms with Crippen molar-refractivity contribution >= 4 is 5.97 Å². The van der Waals surface area contributed by atoms with E-state index in [1.54, 1.807) is 13.8 Å². The van der Waals surface area contributed by atoms with Crippen LogP contribution < -0.4 is 0 Å². The number of carboxylic acid groups (broad SMARTS) is 1. The topological polar surface area (TPSA) is 46.5 Å². The van der Waals surface area contributed by atoms with Crippen LogP contribution >= 0.6 is 0 Å². The maximum absolute atomic E-state index is 12.6. The van der Waals surface area contributed by atoms with E-state index in [4.69, 9.17) is 5.11 Å². The molecule has 78 valence electrons. The molecule has 0 saturated heterocycles. The second kappa shape index (κ2) is 3.57. The first-order valence-corrected chi connectivity index (χ1v) is 3.91. The summed E-state index contributed by atoms with van der Waals surface area (Å²) in [6.07, 6.45) is -4.12. The summed E-state index contributed by atoms with van der Waals surface area (Å²) in [5.74, 6) is -2.46. The van der Waals surface area contributed by atoms with Crippen LogP contribution in [0.3, 0.4) is 0 Å². The van der Waals surface area contributed by atoms with Gasteiger partial charge < -0.3 is 9.84 Å². The number of carbonyl (C=O) groups is 1. The number of rotatable bonds is 4. The van der Waals surface area contributed by atoms with Gasteiger partial charge in [0.15, 0.2) is 0 Å². The van der Waals surface area contributed by atoms with Crippen molar-refractivity contribution in [3.8, 4) is 0 Å². The van der Waals surface area contributed by atoms with Gasteiger partial charge in [0.1, 0.15) is 0 Å². The molecule has 0 aliphatic heterocycles. The standard InChI is InChI=1S/C8H14F2O3/c1-5(2)7(3,4)13-8(9,10)6(11)12/h5H,1-4H3,(H,11,12). The van der Waals surface area contributed by atoms with Gasteiger partial charge in [-0.05, 0) is 19.8 Å². The molecule has 0 aromatic carbocycles. The van der Waals surface area contributed by atoms with Crippen LogP contribution in [0.15, 0.2) is 0 Å². The zero-order valence-electron chi connectivity index (χ0n) is 8.10. The summed E-state index contributed by atoms with van der Waals surface area (Å²) >= 11 is 0. The van der Waals surface area contributed by atoms with Crippen molar-refractivity contribution in [2.24, 2.45) is 5.92 Å². The maximum atomic E-state index is 12.6. The average Bonchev–Trinajstić information content (AvgIpc) is 1.83. The molecule has 0 atom stereocenters. The van der Waals surface area contributed by atoms with Gasteiger partial charge in [0, 0.05) is 0 Å². The highest BCUT2D eigenvalue weighted by Crippen LogP contribution is 2.29. The van der Waals surface area contributed by atoms with Crippen LogP contribution in [0, 0.1) is 5.92 Å². The summed E-state index contributed by atoms with van der Waals surface area (Å²) in [5.41, 5.74) is -1.16. The van der Waals surface area contributed by atoms with Gasteiger partial charge in [-0.25, -0.2) is 4.79 Å². The predicted molar refractivity (Wildman–Crippen MR) is 42.6 cm³/mol. The molecule has 0 aromatic heterocycles. The second-order valence-corrected chi connectivity index (χ2v) is 3.68. The Bertz CT molecular complexity index is 200. The van der Waals surface area contributed by atoms with Crippen molar-refractivity contribution in [1.29, 1.82) is 0 Å². The molecule has 13 heavy (non-hydrogen) atoms. The molecule has 5 heteroatoms. The monoisotopic (exact) mass is 196 g/mol. The number of halogens is 2. The van der Waals surface area contributed by atoms with E-state index in [0.717, 1.165) is 0 Å². The first-order chi connectivity index (χ1) is 5.59. The van der Waals surface area contributed by atoms with Crippen molar-refractivity contribution in [3.63, 3.8) is 0 Å². The summed E-state index contributed by atoms with van der Waals surface area (Å²) in [4.78, 5) is 10.0. The minimum atomic E-state index is -4.12. The SMILES string of the molecule is CC(C)C(C)(C)OC(F)(F)C(=O)O. The quantitative estimate of drug-likeness (QED) is 0.749. The molecule has 0 fully saturated rings. The fourth-order valence-electron chi connectivity index (χ4n) is 0.492. The Labute approximate surface area is 75.7 Å². The van der Waals surface area contributed by atoms with Crippen LogP contribution in [0.1, 0.15) is 27.7 Å². The zero-order valence-corrected chi connectivity index (χ0v) is 8.10. The molecule has 0 aromatic rings. The molecule has 0 bridgehead atoms. The van der Waals surface area contributed by atoms with Gasteiger partial charge in [0.25, 0.3) is 0 Å². The van der Waals surface area contributed by atoms with Crippen molar-refractivity contribution in [2.45, 2.75) is 39.4 Å². The van der Waals surface area contributed by atoms with Crippen LogP contribution in [-0.2, 0) is 9.53 Å². The summed E-state index contributed by atoms with van der Waals surface area (Å²) in [7, 11) is 0. The average molecular weight is 196 g/mol. The van der Waals surface area contributed by atoms with Gasteiger partial charge in [-0.15, -0.1) is 0 Å². The van der Waals surface area contributed by atoms with E-state index in [0.29, 0.717) is 0 Å². The van der Waals surface area contributed by atoms with Crippen molar-refractivity contribution in [1.82, 2.24) is 0 Å². The van der Waals surface area contributed by atoms with Crippen LogP contribution in [0.25, 0.3) is 0 Å². The molecule has 0 radical (unpaired) electrons. The van der Waals surface area contributed by atoms with Gasteiger partial charge in [0.2, 0.25) is 0 Å². The van der Waals surface area contributed by atoms with Gasteiger partial charge in [-0.1, -0.05) is 13.8 Å². The van der Waals surface area contributed by atoms with Crippen LogP contribution in [0.4, 0.5) is 8.78 Å². The Hall–Kier alpha value is -0.710. The molecule has 0 amide bonds. The third-order valence-electron chi connectivity index (χ3n) is 2.03.